The second-order valence-electron chi connectivity index (χ2n) is 10.1. The Labute approximate surface area is 205 Å². The highest BCUT2D eigenvalue weighted by Crippen LogP contribution is 2.33. The molecule has 3 atom stereocenters. The highest BCUT2D eigenvalue weighted by molar-refractivity contribution is 5.92. The lowest BCUT2D eigenvalue weighted by Gasteiger charge is -2.35. The number of aromatic nitrogens is 2. The summed E-state index contributed by atoms with van der Waals surface area (Å²) < 4.78 is 5.37. The molecule has 10 nitrogen and oxygen atoms in total. The maximum Gasteiger partial charge on any atom is 0.271 e. The number of aromatic amines is 1. The van der Waals surface area contributed by atoms with Crippen molar-refractivity contribution < 1.29 is 24.2 Å². The normalized spacial score (nSPS) is 18.8. The number of hydrogen-bond donors (Lipinski definition) is 3. The molecule has 35 heavy (non-hydrogen) atoms. The average molecular weight is 486 g/mol. The van der Waals surface area contributed by atoms with Gasteiger partial charge in [0, 0.05) is 39.0 Å². The summed E-state index contributed by atoms with van der Waals surface area (Å²) in [6, 6.07) is 6.17. The molecule has 1 aliphatic heterocycles. The zero-order valence-corrected chi connectivity index (χ0v) is 21.2. The molecule has 0 aliphatic carbocycles. The van der Waals surface area contributed by atoms with E-state index in [0.717, 1.165) is 5.56 Å². The first-order valence-corrected chi connectivity index (χ1v) is 11.6. The number of benzene rings is 1. The number of likely N-dealkylation sites (tertiary alicyclic amines) is 1. The van der Waals surface area contributed by atoms with E-state index in [4.69, 9.17) is 4.74 Å². The minimum atomic E-state index is -0.768. The maximum atomic E-state index is 13.4. The van der Waals surface area contributed by atoms with Crippen LogP contribution in [-0.2, 0) is 16.1 Å². The number of amides is 3. The van der Waals surface area contributed by atoms with E-state index in [-0.39, 0.29) is 36.4 Å². The van der Waals surface area contributed by atoms with Crippen molar-refractivity contribution in [2.75, 3.05) is 20.7 Å². The number of nitrogens with one attached hydrogen (secondary N) is 2. The smallest absolute Gasteiger partial charge is 0.271 e. The van der Waals surface area contributed by atoms with E-state index in [0.29, 0.717) is 18.1 Å². The van der Waals surface area contributed by atoms with Crippen molar-refractivity contribution in [3.8, 4) is 5.75 Å². The van der Waals surface area contributed by atoms with Gasteiger partial charge < -0.3 is 29.9 Å². The first kappa shape index (κ1) is 26.2. The van der Waals surface area contributed by atoms with Gasteiger partial charge in [0.25, 0.3) is 5.91 Å². The van der Waals surface area contributed by atoms with Gasteiger partial charge in [-0.3, -0.25) is 14.4 Å². The van der Waals surface area contributed by atoms with Crippen LogP contribution in [0.15, 0.2) is 30.5 Å². The molecule has 1 aromatic heterocycles. The van der Waals surface area contributed by atoms with E-state index in [1.165, 1.54) is 18.0 Å². The first-order chi connectivity index (χ1) is 16.4. The second kappa shape index (κ2) is 10.5. The minimum Gasteiger partial charge on any atom is -0.496 e. The van der Waals surface area contributed by atoms with Crippen molar-refractivity contribution in [2.24, 2.45) is 5.41 Å². The van der Waals surface area contributed by atoms with Crippen molar-refractivity contribution in [1.29, 1.82) is 0 Å². The molecule has 0 saturated carbocycles. The number of carbonyl (C=O) groups excluding carboxylic acids is 3. The van der Waals surface area contributed by atoms with Crippen molar-refractivity contribution in [3.05, 3.63) is 47.5 Å². The van der Waals surface area contributed by atoms with Gasteiger partial charge in [0.15, 0.2) is 0 Å². The largest absolute Gasteiger partial charge is 0.496 e. The van der Waals surface area contributed by atoms with E-state index >= 15 is 0 Å². The molecule has 190 valence electrons. The number of aliphatic hydroxyl groups excluding tert-OH is 1. The molecular formula is C25H35N5O5. The van der Waals surface area contributed by atoms with Gasteiger partial charge in [0.1, 0.15) is 23.3 Å². The molecule has 0 spiro atoms. The van der Waals surface area contributed by atoms with Gasteiger partial charge in [-0.2, -0.15) is 0 Å². The Balaban J connectivity index is 1.79. The number of methoxy groups -OCH3 is 1. The fourth-order valence-corrected chi connectivity index (χ4v) is 4.32. The van der Waals surface area contributed by atoms with Crippen LogP contribution in [0.4, 0.5) is 0 Å². The summed E-state index contributed by atoms with van der Waals surface area (Å²) >= 11 is 0. The van der Waals surface area contributed by atoms with Crippen LogP contribution < -0.4 is 10.1 Å². The molecule has 1 saturated heterocycles. The molecule has 2 aromatic rings. The third-order valence-electron chi connectivity index (χ3n) is 6.11. The summed E-state index contributed by atoms with van der Waals surface area (Å²) in [6.07, 6.45) is 0.985. The average Bonchev–Trinajstić information content (AvgIpc) is 3.42. The predicted molar refractivity (Wildman–Crippen MR) is 130 cm³/mol. The van der Waals surface area contributed by atoms with E-state index in [1.54, 1.807) is 19.1 Å². The lowest BCUT2D eigenvalue weighted by molar-refractivity contribution is -0.140. The van der Waals surface area contributed by atoms with Gasteiger partial charge in [0.05, 0.1) is 25.5 Å². The third kappa shape index (κ3) is 6.00. The predicted octanol–water partition coefficient (Wildman–Crippen LogP) is 1.88. The maximum absolute atomic E-state index is 13.4. The molecule has 0 bridgehead atoms. The SMILES string of the molecule is COc1ccccc1CN(C)C(=O)c1cnc([C@@H]2C[C@@H](O)CN2C(=O)[C@@H](NC(C)=O)C(C)(C)C)[nH]1. The van der Waals surface area contributed by atoms with Crippen LogP contribution in [0.25, 0.3) is 0 Å². The Bertz CT molecular complexity index is 1080. The van der Waals surface area contributed by atoms with Crippen LogP contribution in [0.3, 0.4) is 0 Å². The van der Waals surface area contributed by atoms with Gasteiger partial charge in [-0.15, -0.1) is 0 Å². The summed E-state index contributed by atoms with van der Waals surface area (Å²) in [5, 5.41) is 13.1. The summed E-state index contributed by atoms with van der Waals surface area (Å²) in [7, 11) is 3.27. The molecule has 3 rings (SSSR count). The number of nitrogens with zero attached hydrogens (tertiary/aromatic N) is 3. The monoisotopic (exact) mass is 485 g/mol. The molecule has 0 unspecified atom stereocenters. The third-order valence-corrected chi connectivity index (χ3v) is 6.11. The Hall–Kier alpha value is -3.40. The van der Waals surface area contributed by atoms with Crippen LogP contribution >= 0.6 is 0 Å². The molecule has 1 fully saturated rings. The Morgan fingerprint density at radius 3 is 2.63 bits per heavy atom. The molecule has 0 radical (unpaired) electrons. The zero-order chi connectivity index (χ0) is 25.9. The van der Waals surface area contributed by atoms with Crippen LogP contribution in [0, 0.1) is 5.41 Å². The number of carbonyl (C=O) groups is 3. The summed E-state index contributed by atoms with van der Waals surface area (Å²) in [5.41, 5.74) is 0.611. The molecule has 1 aromatic carbocycles. The highest BCUT2D eigenvalue weighted by Gasteiger charge is 2.43. The Morgan fingerprint density at radius 1 is 1.31 bits per heavy atom. The molecule has 3 N–H and O–H groups in total. The van der Waals surface area contributed by atoms with Gasteiger partial charge in [-0.1, -0.05) is 39.0 Å². The molecule has 2 heterocycles. The van der Waals surface area contributed by atoms with E-state index in [1.807, 2.05) is 45.0 Å². The van der Waals surface area contributed by atoms with Gasteiger partial charge in [-0.25, -0.2) is 4.98 Å². The van der Waals surface area contributed by atoms with Crippen molar-refractivity contribution in [3.63, 3.8) is 0 Å². The number of H-pyrrole nitrogens is 1. The van der Waals surface area contributed by atoms with Gasteiger partial charge in [0.2, 0.25) is 11.8 Å². The number of rotatable bonds is 7. The standard InChI is InChI=1S/C25H35N5O5/c1-15(31)27-21(25(2,3)4)24(34)30-14-17(32)11-19(30)22-26-12-18(28-22)23(33)29(5)13-16-9-7-8-10-20(16)35-6/h7-10,12,17,19,21,32H,11,13-14H2,1-6H3,(H,26,28)(H,27,31)/t17-,19+,21-/m1/s1. The van der Waals surface area contributed by atoms with E-state index in [2.05, 4.69) is 15.3 Å². The lowest BCUT2D eigenvalue weighted by atomic mass is 9.85. The lowest BCUT2D eigenvalue weighted by Crippen LogP contribution is -2.54. The number of hydrogen-bond acceptors (Lipinski definition) is 6. The van der Waals surface area contributed by atoms with Crippen molar-refractivity contribution in [2.45, 2.75) is 58.8 Å². The molecule has 3 amide bonds. The minimum absolute atomic E-state index is 0.118. The zero-order valence-electron chi connectivity index (χ0n) is 21.2. The number of imidazole rings is 1. The molecule has 1 aliphatic rings. The van der Waals surface area contributed by atoms with Crippen LogP contribution in [0.2, 0.25) is 0 Å². The second-order valence-corrected chi connectivity index (χ2v) is 10.1. The van der Waals surface area contributed by atoms with E-state index < -0.39 is 23.6 Å². The first-order valence-electron chi connectivity index (χ1n) is 11.6. The van der Waals surface area contributed by atoms with Crippen molar-refractivity contribution in [1.82, 2.24) is 25.1 Å². The number of para-hydroxylation sites is 1. The summed E-state index contributed by atoms with van der Waals surface area (Å²) in [4.78, 5) is 48.7. The number of aliphatic hydroxyl groups is 1. The molecule has 10 heteroatoms. The van der Waals surface area contributed by atoms with Gasteiger partial charge >= 0.3 is 0 Å². The number of β-amino-alcohol motifs (C(OH)–C–C–N with tert-alkyl or cyclic N) is 1. The topological polar surface area (TPSA) is 128 Å². The highest BCUT2D eigenvalue weighted by atomic mass is 16.5. The summed E-state index contributed by atoms with van der Waals surface area (Å²) in [5.74, 6) is 0.237. The van der Waals surface area contributed by atoms with E-state index in [9.17, 15) is 19.5 Å². The van der Waals surface area contributed by atoms with Crippen LogP contribution in [-0.4, -0.2) is 75.4 Å². The van der Waals surface area contributed by atoms with Crippen LogP contribution in [0.1, 0.15) is 62.0 Å². The Morgan fingerprint density at radius 2 is 2.00 bits per heavy atom. The molecular weight excluding hydrogens is 450 g/mol. The Kier molecular flexibility index (Phi) is 7.84. The number of ether oxygens (including phenoxy) is 1. The van der Waals surface area contributed by atoms with Crippen molar-refractivity contribution >= 4 is 17.7 Å². The summed E-state index contributed by atoms with van der Waals surface area (Å²) in [6.45, 7) is 7.44. The quantitative estimate of drug-likeness (QED) is 0.549. The van der Waals surface area contributed by atoms with Crippen LogP contribution in [0.5, 0.6) is 5.75 Å². The fourth-order valence-electron chi connectivity index (χ4n) is 4.32. The fraction of sp³-hybridized carbons (Fsp3) is 0.520. The van der Waals surface area contributed by atoms with Gasteiger partial charge in [-0.05, 0) is 11.5 Å².